The van der Waals surface area contributed by atoms with E-state index < -0.39 is 5.97 Å². The van der Waals surface area contributed by atoms with Crippen molar-refractivity contribution in [1.29, 1.82) is 0 Å². The molecule has 5 nitrogen and oxygen atoms in total. The van der Waals surface area contributed by atoms with Crippen LogP contribution in [0.25, 0.3) is 0 Å². The lowest BCUT2D eigenvalue weighted by Gasteiger charge is -2.43. The minimum Gasteiger partial charge on any atom is -0.462 e. The summed E-state index contributed by atoms with van der Waals surface area (Å²) in [6.45, 7) is 2.06. The highest BCUT2D eigenvalue weighted by Gasteiger charge is 2.39. The summed E-state index contributed by atoms with van der Waals surface area (Å²) in [7, 11) is 0. The number of carbonyl (C=O) groups is 1. The molecule has 1 aliphatic rings. The summed E-state index contributed by atoms with van der Waals surface area (Å²) in [5.41, 5.74) is 1.07. The fourth-order valence-electron chi connectivity index (χ4n) is 2.71. The molecule has 1 fully saturated rings. The van der Waals surface area contributed by atoms with Crippen LogP contribution in [-0.4, -0.2) is 22.5 Å². The molecular formula is C17H18FN3O2. The molecule has 120 valence electrons. The van der Waals surface area contributed by atoms with Crippen LogP contribution in [-0.2, 0) is 10.3 Å². The third-order valence-corrected chi connectivity index (χ3v) is 4.12. The average molecular weight is 315 g/mol. The molecule has 1 N–H and O–H groups in total. The molecular weight excluding hydrogens is 297 g/mol. The minimum absolute atomic E-state index is 0.252. The van der Waals surface area contributed by atoms with Gasteiger partial charge in [0.1, 0.15) is 5.82 Å². The number of hydrogen-bond acceptors (Lipinski definition) is 5. The molecule has 3 rings (SSSR count). The number of esters is 1. The predicted octanol–water partition coefficient (Wildman–Crippen LogP) is 3.28. The lowest BCUT2D eigenvalue weighted by atomic mass is 9.72. The molecule has 0 saturated heterocycles. The third kappa shape index (κ3) is 3.16. The number of aromatic nitrogens is 2. The van der Waals surface area contributed by atoms with E-state index in [4.69, 9.17) is 4.74 Å². The summed E-state index contributed by atoms with van der Waals surface area (Å²) in [5.74, 6) is -0.240. The molecule has 23 heavy (non-hydrogen) atoms. The Labute approximate surface area is 133 Å². The van der Waals surface area contributed by atoms with Crippen molar-refractivity contribution in [2.75, 3.05) is 11.9 Å². The largest absolute Gasteiger partial charge is 0.462 e. The molecule has 0 spiro atoms. The molecule has 0 amide bonds. The molecule has 0 radical (unpaired) electrons. The van der Waals surface area contributed by atoms with Crippen molar-refractivity contribution in [3.05, 3.63) is 53.6 Å². The summed E-state index contributed by atoms with van der Waals surface area (Å²) in [6.07, 6.45) is 5.85. The van der Waals surface area contributed by atoms with Crippen LogP contribution in [0.3, 0.4) is 0 Å². The Hall–Kier alpha value is -2.50. The summed E-state index contributed by atoms with van der Waals surface area (Å²) in [4.78, 5) is 20.0. The third-order valence-electron chi connectivity index (χ3n) is 4.12. The van der Waals surface area contributed by atoms with Gasteiger partial charge in [-0.25, -0.2) is 19.2 Å². The smallest absolute Gasteiger partial charge is 0.341 e. The van der Waals surface area contributed by atoms with E-state index in [0.29, 0.717) is 18.1 Å². The van der Waals surface area contributed by atoms with Crippen LogP contribution in [0, 0.1) is 5.82 Å². The molecule has 1 aromatic carbocycles. The van der Waals surface area contributed by atoms with Crippen molar-refractivity contribution in [2.45, 2.75) is 31.7 Å². The van der Waals surface area contributed by atoms with E-state index in [9.17, 15) is 9.18 Å². The Morgan fingerprint density at radius 3 is 2.43 bits per heavy atom. The highest BCUT2D eigenvalue weighted by atomic mass is 19.1. The average Bonchev–Trinajstić information content (AvgIpc) is 2.53. The van der Waals surface area contributed by atoms with Crippen LogP contribution in [0.1, 0.15) is 42.1 Å². The molecule has 1 aromatic heterocycles. The van der Waals surface area contributed by atoms with E-state index >= 15 is 0 Å². The summed E-state index contributed by atoms with van der Waals surface area (Å²) in [6, 6.07) is 6.49. The van der Waals surface area contributed by atoms with Gasteiger partial charge in [-0.2, -0.15) is 0 Å². The van der Waals surface area contributed by atoms with Crippen LogP contribution in [0.5, 0.6) is 0 Å². The number of anilines is 1. The molecule has 0 bridgehead atoms. The molecule has 0 aliphatic heterocycles. The number of ether oxygens (including phenoxy) is 1. The SMILES string of the molecule is CCOC(=O)c1cnc(NC2(c3ccc(F)cc3)CCC2)nc1. The number of benzene rings is 1. The number of rotatable bonds is 5. The highest BCUT2D eigenvalue weighted by molar-refractivity contribution is 5.88. The molecule has 0 unspecified atom stereocenters. The number of nitrogens with one attached hydrogen (secondary N) is 1. The van der Waals surface area contributed by atoms with Crippen molar-refractivity contribution < 1.29 is 13.9 Å². The summed E-state index contributed by atoms with van der Waals surface area (Å²) < 4.78 is 18.0. The number of nitrogens with zero attached hydrogens (tertiary/aromatic N) is 2. The molecule has 1 aliphatic carbocycles. The van der Waals surface area contributed by atoms with Gasteiger partial charge in [0.05, 0.1) is 17.7 Å². The maximum Gasteiger partial charge on any atom is 0.341 e. The topological polar surface area (TPSA) is 64.1 Å². The lowest BCUT2D eigenvalue weighted by molar-refractivity contribution is 0.0525. The molecule has 1 saturated carbocycles. The standard InChI is InChI=1S/C17H18FN3O2/c1-2-23-15(22)12-10-19-16(20-11-12)21-17(8-3-9-17)13-4-6-14(18)7-5-13/h4-7,10-11H,2-3,8-9H2,1H3,(H,19,20,21). The molecule has 6 heteroatoms. The van der Waals surface area contributed by atoms with Crippen LogP contribution in [0.4, 0.5) is 10.3 Å². The normalized spacial score (nSPS) is 15.6. The summed E-state index contributed by atoms with van der Waals surface area (Å²) >= 11 is 0. The van der Waals surface area contributed by atoms with E-state index in [-0.39, 0.29) is 11.4 Å². The Morgan fingerprint density at radius 1 is 1.26 bits per heavy atom. The van der Waals surface area contributed by atoms with Gasteiger partial charge in [0.15, 0.2) is 0 Å². The van der Waals surface area contributed by atoms with E-state index in [0.717, 1.165) is 24.8 Å². The zero-order valence-electron chi connectivity index (χ0n) is 12.9. The maximum atomic E-state index is 13.1. The second kappa shape index (κ2) is 6.32. The Kier molecular flexibility index (Phi) is 4.23. The van der Waals surface area contributed by atoms with Gasteiger partial charge in [0, 0.05) is 12.4 Å². The van der Waals surface area contributed by atoms with Crippen LogP contribution < -0.4 is 5.32 Å². The fraction of sp³-hybridized carbons (Fsp3) is 0.353. The Morgan fingerprint density at radius 2 is 1.91 bits per heavy atom. The van der Waals surface area contributed by atoms with Gasteiger partial charge in [-0.1, -0.05) is 12.1 Å². The van der Waals surface area contributed by atoms with Gasteiger partial charge in [-0.3, -0.25) is 0 Å². The van der Waals surface area contributed by atoms with Crippen molar-refractivity contribution in [3.8, 4) is 0 Å². The van der Waals surface area contributed by atoms with E-state index in [1.54, 1.807) is 19.1 Å². The predicted molar refractivity (Wildman–Crippen MR) is 83.5 cm³/mol. The first kappa shape index (κ1) is 15.4. The van der Waals surface area contributed by atoms with Crippen LogP contribution >= 0.6 is 0 Å². The first-order valence-corrected chi connectivity index (χ1v) is 7.66. The first-order valence-electron chi connectivity index (χ1n) is 7.66. The van der Waals surface area contributed by atoms with Gasteiger partial charge >= 0.3 is 5.97 Å². The van der Waals surface area contributed by atoms with Crippen molar-refractivity contribution in [2.24, 2.45) is 0 Å². The van der Waals surface area contributed by atoms with E-state index in [1.807, 2.05) is 0 Å². The summed E-state index contributed by atoms with van der Waals surface area (Å²) in [5, 5.41) is 3.33. The second-order valence-corrected chi connectivity index (χ2v) is 5.58. The lowest BCUT2D eigenvalue weighted by Crippen LogP contribution is -2.42. The van der Waals surface area contributed by atoms with E-state index in [2.05, 4.69) is 15.3 Å². The quantitative estimate of drug-likeness (QED) is 0.858. The fourth-order valence-corrected chi connectivity index (χ4v) is 2.71. The van der Waals surface area contributed by atoms with Crippen molar-refractivity contribution >= 4 is 11.9 Å². The number of carbonyl (C=O) groups excluding carboxylic acids is 1. The second-order valence-electron chi connectivity index (χ2n) is 5.58. The van der Waals surface area contributed by atoms with Crippen molar-refractivity contribution in [3.63, 3.8) is 0 Å². The van der Waals surface area contributed by atoms with Gasteiger partial charge in [0.2, 0.25) is 5.95 Å². The van der Waals surface area contributed by atoms with Crippen LogP contribution in [0.2, 0.25) is 0 Å². The Balaban J connectivity index is 1.77. The minimum atomic E-state index is -0.434. The zero-order valence-corrected chi connectivity index (χ0v) is 12.9. The molecule has 1 heterocycles. The number of halogens is 1. The maximum absolute atomic E-state index is 13.1. The van der Waals surface area contributed by atoms with Crippen LogP contribution in [0.15, 0.2) is 36.7 Å². The Bertz CT molecular complexity index is 682. The van der Waals surface area contributed by atoms with Gasteiger partial charge in [-0.15, -0.1) is 0 Å². The van der Waals surface area contributed by atoms with Gasteiger partial charge in [0.25, 0.3) is 0 Å². The molecule has 0 atom stereocenters. The van der Waals surface area contributed by atoms with Gasteiger partial charge in [-0.05, 0) is 43.9 Å². The van der Waals surface area contributed by atoms with Gasteiger partial charge < -0.3 is 10.1 Å². The van der Waals surface area contributed by atoms with Crippen molar-refractivity contribution in [1.82, 2.24) is 9.97 Å². The highest BCUT2D eigenvalue weighted by Crippen LogP contribution is 2.43. The zero-order chi connectivity index (χ0) is 16.3. The first-order chi connectivity index (χ1) is 11.1. The molecule has 2 aromatic rings. The monoisotopic (exact) mass is 315 g/mol. The van der Waals surface area contributed by atoms with E-state index in [1.165, 1.54) is 24.5 Å². The number of hydrogen-bond donors (Lipinski definition) is 1.